The minimum Gasteiger partial charge on any atom is -0.0588 e. The summed E-state index contributed by atoms with van der Waals surface area (Å²) < 4.78 is 0. The van der Waals surface area contributed by atoms with E-state index in [4.69, 9.17) is 0 Å². The van der Waals surface area contributed by atoms with Gasteiger partial charge >= 0.3 is 0 Å². The van der Waals surface area contributed by atoms with Crippen molar-refractivity contribution in [3.8, 4) is 22.3 Å². The maximum absolute atomic E-state index is 2.35. The van der Waals surface area contributed by atoms with Gasteiger partial charge in [0.1, 0.15) is 0 Å². The van der Waals surface area contributed by atoms with Gasteiger partial charge in [-0.25, -0.2) is 0 Å². The van der Waals surface area contributed by atoms with Gasteiger partial charge in [0.25, 0.3) is 0 Å². The molecule has 0 unspecified atom stereocenters. The molecule has 0 bridgehead atoms. The smallest absolute Gasteiger partial charge is 0.00257 e. The van der Waals surface area contributed by atoms with Gasteiger partial charge in [0, 0.05) is 0 Å². The van der Waals surface area contributed by atoms with Crippen molar-refractivity contribution in [2.75, 3.05) is 0 Å². The van der Waals surface area contributed by atoms with Crippen molar-refractivity contribution in [3.05, 3.63) is 153 Å². The predicted octanol–water partition coefficient (Wildman–Crippen LogP) is 10.1. The van der Waals surface area contributed by atoms with E-state index in [0.29, 0.717) is 0 Å². The van der Waals surface area contributed by atoms with E-state index in [1.54, 1.807) is 0 Å². The summed E-state index contributed by atoms with van der Waals surface area (Å²) in [5, 5.41) is 0. The summed E-state index contributed by atoms with van der Waals surface area (Å²) in [5.74, 6) is 0. The molecule has 0 aliphatic heterocycles. The molecule has 0 N–H and O–H groups in total. The van der Waals surface area contributed by atoms with E-state index in [2.05, 4.69) is 139 Å². The normalized spacial score (nSPS) is 11.1. The van der Waals surface area contributed by atoms with Crippen molar-refractivity contribution in [1.82, 2.24) is 0 Å². The fourth-order valence-electron chi connectivity index (χ4n) is 5.34. The Bertz CT molecular complexity index is 1460. The van der Waals surface area contributed by atoms with Crippen LogP contribution in [0.1, 0.15) is 55.6 Å². The third-order valence-corrected chi connectivity index (χ3v) is 8.06. The molecule has 0 spiro atoms. The van der Waals surface area contributed by atoms with Gasteiger partial charge in [0.2, 0.25) is 0 Å². The van der Waals surface area contributed by atoms with Gasteiger partial charge < -0.3 is 0 Å². The molecule has 5 rings (SSSR count). The zero-order valence-corrected chi connectivity index (χ0v) is 23.7. The van der Waals surface area contributed by atoms with Gasteiger partial charge in [-0.3, -0.25) is 0 Å². The Morgan fingerprint density at radius 3 is 1.00 bits per heavy atom. The lowest BCUT2D eigenvalue weighted by molar-refractivity contribution is 1.17. The van der Waals surface area contributed by atoms with Gasteiger partial charge in [-0.1, -0.05) is 97.1 Å². The minimum atomic E-state index is 0.970. The molecule has 0 heterocycles. The minimum absolute atomic E-state index is 0.970. The number of benzene rings is 5. The van der Waals surface area contributed by atoms with E-state index in [1.165, 1.54) is 77.9 Å². The van der Waals surface area contributed by atoms with E-state index < -0.39 is 0 Å². The maximum Gasteiger partial charge on any atom is -0.00257 e. The summed E-state index contributed by atoms with van der Waals surface area (Å²) >= 11 is 0. The summed E-state index contributed by atoms with van der Waals surface area (Å²) in [4.78, 5) is 0. The van der Waals surface area contributed by atoms with E-state index in [1.807, 2.05) is 0 Å². The van der Waals surface area contributed by atoms with Crippen LogP contribution >= 0.6 is 0 Å². The first-order valence-electron chi connectivity index (χ1n) is 13.7. The maximum atomic E-state index is 2.35. The highest BCUT2D eigenvalue weighted by molar-refractivity contribution is 5.76. The van der Waals surface area contributed by atoms with Crippen LogP contribution in [0.3, 0.4) is 0 Å². The monoisotopic (exact) mass is 494 g/mol. The summed E-state index contributed by atoms with van der Waals surface area (Å²) in [7, 11) is 0. The average molecular weight is 495 g/mol. The molecule has 0 aliphatic carbocycles. The fraction of sp³-hybridized carbons (Fsp3) is 0.211. The molecule has 0 saturated heterocycles. The molecule has 0 saturated carbocycles. The van der Waals surface area contributed by atoms with Gasteiger partial charge in [-0.2, -0.15) is 0 Å². The second-order valence-corrected chi connectivity index (χ2v) is 11.1. The molecule has 0 amide bonds. The van der Waals surface area contributed by atoms with Crippen LogP contribution in [0.5, 0.6) is 0 Å². The number of aryl methyl sites for hydroxylation is 6. The van der Waals surface area contributed by atoms with Gasteiger partial charge in [-0.15, -0.1) is 0 Å². The van der Waals surface area contributed by atoms with E-state index in [-0.39, 0.29) is 0 Å². The Labute approximate surface area is 229 Å². The molecule has 5 aromatic carbocycles. The summed E-state index contributed by atoms with van der Waals surface area (Å²) in [6.45, 7) is 13.2. The Morgan fingerprint density at radius 2 is 0.658 bits per heavy atom. The van der Waals surface area contributed by atoms with Crippen LogP contribution in [0, 0.1) is 41.5 Å². The van der Waals surface area contributed by atoms with Crippen LogP contribution in [-0.4, -0.2) is 0 Å². The first-order chi connectivity index (χ1) is 18.3. The molecular formula is C38H38. The fourth-order valence-corrected chi connectivity index (χ4v) is 5.34. The SMILES string of the molecule is Cc1ccc(Cc2ccc(-c3cc(C)c(-c4ccc(Cc5ccc(C)c(C)c5)cc4)cc3C)cc2)cc1C. The summed E-state index contributed by atoms with van der Waals surface area (Å²) in [6, 6.07) is 36.5. The molecule has 0 aromatic heterocycles. The van der Waals surface area contributed by atoms with Crippen LogP contribution in [0.4, 0.5) is 0 Å². The number of rotatable bonds is 6. The van der Waals surface area contributed by atoms with Crippen molar-refractivity contribution in [2.24, 2.45) is 0 Å². The quantitative estimate of drug-likeness (QED) is 0.220. The van der Waals surface area contributed by atoms with E-state index in [0.717, 1.165) is 12.8 Å². The Morgan fingerprint density at radius 1 is 0.316 bits per heavy atom. The van der Waals surface area contributed by atoms with E-state index in [9.17, 15) is 0 Å². The first-order valence-corrected chi connectivity index (χ1v) is 13.7. The highest BCUT2D eigenvalue weighted by atomic mass is 14.1. The summed E-state index contributed by atoms with van der Waals surface area (Å²) in [6.07, 6.45) is 1.94. The molecule has 0 nitrogen and oxygen atoms in total. The Kier molecular flexibility index (Phi) is 7.34. The van der Waals surface area contributed by atoms with Crippen LogP contribution < -0.4 is 0 Å². The Balaban J connectivity index is 1.33. The summed E-state index contributed by atoms with van der Waals surface area (Å²) in [5.41, 5.74) is 18.7. The third kappa shape index (κ3) is 5.65. The van der Waals surface area contributed by atoms with E-state index >= 15 is 0 Å². The van der Waals surface area contributed by atoms with Gasteiger partial charge in [0.05, 0.1) is 0 Å². The van der Waals surface area contributed by atoms with Crippen molar-refractivity contribution < 1.29 is 0 Å². The van der Waals surface area contributed by atoms with Crippen LogP contribution in [0.15, 0.2) is 97.1 Å². The second kappa shape index (κ2) is 10.8. The lowest BCUT2D eigenvalue weighted by Gasteiger charge is -2.14. The highest BCUT2D eigenvalue weighted by Crippen LogP contribution is 2.32. The van der Waals surface area contributed by atoms with Crippen molar-refractivity contribution in [1.29, 1.82) is 0 Å². The van der Waals surface area contributed by atoms with Crippen molar-refractivity contribution in [3.63, 3.8) is 0 Å². The van der Waals surface area contributed by atoms with Crippen LogP contribution in [0.2, 0.25) is 0 Å². The number of hydrogen-bond donors (Lipinski definition) is 0. The topological polar surface area (TPSA) is 0 Å². The van der Waals surface area contributed by atoms with Crippen LogP contribution in [-0.2, 0) is 12.8 Å². The molecule has 0 heteroatoms. The molecular weight excluding hydrogens is 456 g/mol. The molecule has 0 aliphatic rings. The Hall–Kier alpha value is -3.90. The molecule has 0 fully saturated rings. The van der Waals surface area contributed by atoms with Gasteiger partial charge in [0.15, 0.2) is 0 Å². The lowest BCUT2D eigenvalue weighted by atomic mass is 9.90. The van der Waals surface area contributed by atoms with Crippen LogP contribution in [0.25, 0.3) is 22.3 Å². The molecule has 0 radical (unpaired) electrons. The van der Waals surface area contributed by atoms with Crippen molar-refractivity contribution in [2.45, 2.75) is 54.4 Å². The molecule has 0 atom stereocenters. The zero-order chi connectivity index (χ0) is 26.8. The first kappa shape index (κ1) is 25.7. The van der Waals surface area contributed by atoms with Crippen molar-refractivity contribution >= 4 is 0 Å². The standard InChI is InChI=1S/C38H38/c1-25-7-9-33(19-27(25)3)23-31-11-15-35(16-12-31)37-21-30(6)38(22-29(37)5)36-17-13-32(14-18-36)24-34-10-8-26(2)28(4)20-34/h7-22H,23-24H2,1-6H3. The molecule has 5 aromatic rings. The number of hydrogen-bond acceptors (Lipinski definition) is 0. The highest BCUT2D eigenvalue weighted by Gasteiger charge is 2.10. The van der Waals surface area contributed by atoms with Gasteiger partial charge in [-0.05, 0) is 132 Å². The lowest BCUT2D eigenvalue weighted by Crippen LogP contribution is -1.93. The second-order valence-electron chi connectivity index (χ2n) is 11.1. The largest absolute Gasteiger partial charge is 0.0588 e. The zero-order valence-electron chi connectivity index (χ0n) is 23.7. The third-order valence-electron chi connectivity index (χ3n) is 8.06. The average Bonchev–Trinajstić information content (AvgIpc) is 2.91. The molecule has 38 heavy (non-hydrogen) atoms. The molecule has 190 valence electrons. The predicted molar refractivity (Wildman–Crippen MR) is 164 cm³/mol.